The molecule has 1 aromatic carbocycles. The molecule has 0 bridgehead atoms. The molecule has 1 fully saturated rings. The third-order valence-electron chi connectivity index (χ3n) is 4.06. The van der Waals surface area contributed by atoms with Crippen LogP contribution in [0.25, 0.3) is 0 Å². The minimum absolute atomic E-state index is 0.150. The molecular weight excluding hydrogens is 215 g/mol. The first-order chi connectivity index (χ1) is 8.27. The monoisotopic (exact) mass is 234 g/mol. The Hall–Kier alpha value is -1.25. The first-order valence-corrected chi connectivity index (χ1v) is 6.59. The molecule has 1 aromatic rings. The number of nitrogens with one attached hydrogen (secondary N) is 2. The van der Waals surface area contributed by atoms with E-state index in [4.69, 9.17) is 0 Å². The van der Waals surface area contributed by atoms with Crippen molar-refractivity contribution in [3.8, 4) is 0 Å². The van der Waals surface area contributed by atoms with Crippen LogP contribution in [-0.2, 0) is 0 Å². The van der Waals surface area contributed by atoms with Crippen LogP contribution < -0.4 is 10.6 Å². The van der Waals surface area contributed by atoms with Crippen molar-refractivity contribution in [2.24, 2.45) is 0 Å². The smallest absolute Gasteiger partial charge is 0.125 e. The molecule has 0 radical (unpaired) electrons. The summed E-state index contributed by atoms with van der Waals surface area (Å²) >= 11 is 0. The summed E-state index contributed by atoms with van der Waals surface area (Å²) < 4.78 is 13.3. The van der Waals surface area contributed by atoms with Crippen LogP contribution in [0.15, 0.2) is 18.2 Å². The van der Waals surface area contributed by atoms with Crippen LogP contribution >= 0.6 is 0 Å². The standard InChI is InChI=1S/C14H19FN2/c15-11-5-6-12-13(9-11)17-14(10-16-12)7-3-1-2-4-8-14/h5-6,9,16-17H,1-4,7-8,10H2. The van der Waals surface area contributed by atoms with Gasteiger partial charge in [0.05, 0.1) is 16.9 Å². The third-order valence-corrected chi connectivity index (χ3v) is 4.06. The Morgan fingerprint density at radius 1 is 1.00 bits per heavy atom. The quantitative estimate of drug-likeness (QED) is 0.714. The summed E-state index contributed by atoms with van der Waals surface area (Å²) in [4.78, 5) is 0. The second-order valence-corrected chi connectivity index (χ2v) is 5.36. The van der Waals surface area contributed by atoms with E-state index >= 15 is 0 Å². The fraction of sp³-hybridized carbons (Fsp3) is 0.571. The van der Waals surface area contributed by atoms with Gasteiger partial charge in [0, 0.05) is 6.54 Å². The maximum Gasteiger partial charge on any atom is 0.125 e. The Morgan fingerprint density at radius 3 is 2.53 bits per heavy atom. The van der Waals surface area contributed by atoms with Crippen molar-refractivity contribution in [3.05, 3.63) is 24.0 Å². The zero-order chi connectivity index (χ0) is 11.7. The fourth-order valence-corrected chi connectivity index (χ4v) is 3.08. The molecule has 2 nitrogen and oxygen atoms in total. The Bertz CT molecular complexity index is 409. The zero-order valence-electron chi connectivity index (χ0n) is 10.1. The van der Waals surface area contributed by atoms with Crippen LogP contribution in [-0.4, -0.2) is 12.1 Å². The zero-order valence-corrected chi connectivity index (χ0v) is 10.1. The molecule has 1 saturated carbocycles. The SMILES string of the molecule is Fc1ccc2c(c1)NC1(CCCCCC1)CN2. The van der Waals surface area contributed by atoms with E-state index in [1.165, 1.54) is 44.6 Å². The van der Waals surface area contributed by atoms with Gasteiger partial charge in [0.25, 0.3) is 0 Å². The Labute approximate surface area is 102 Å². The molecule has 0 aromatic heterocycles. The molecule has 0 atom stereocenters. The van der Waals surface area contributed by atoms with E-state index in [9.17, 15) is 4.39 Å². The van der Waals surface area contributed by atoms with Crippen LogP contribution in [0.4, 0.5) is 15.8 Å². The van der Waals surface area contributed by atoms with Crippen LogP contribution in [0, 0.1) is 5.82 Å². The molecular formula is C14H19FN2. The number of anilines is 2. The van der Waals surface area contributed by atoms with E-state index in [1.54, 1.807) is 6.07 Å². The van der Waals surface area contributed by atoms with E-state index in [1.807, 2.05) is 6.07 Å². The van der Waals surface area contributed by atoms with Crippen molar-refractivity contribution in [2.75, 3.05) is 17.2 Å². The van der Waals surface area contributed by atoms with Crippen LogP contribution in [0.5, 0.6) is 0 Å². The van der Waals surface area contributed by atoms with Crippen molar-refractivity contribution in [1.29, 1.82) is 0 Å². The summed E-state index contributed by atoms with van der Waals surface area (Å²) in [6.45, 7) is 0.964. The van der Waals surface area contributed by atoms with E-state index in [0.717, 1.165) is 17.9 Å². The molecule has 2 aliphatic rings. The minimum Gasteiger partial charge on any atom is -0.381 e. The predicted octanol–water partition coefficient (Wildman–Crippen LogP) is 3.76. The van der Waals surface area contributed by atoms with Gasteiger partial charge in [-0.2, -0.15) is 0 Å². The lowest BCUT2D eigenvalue weighted by Gasteiger charge is -2.40. The predicted molar refractivity (Wildman–Crippen MR) is 68.9 cm³/mol. The fourth-order valence-electron chi connectivity index (χ4n) is 3.08. The van der Waals surface area contributed by atoms with E-state index in [2.05, 4.69) is 10.6 Å². The van der Waals surface area contributed by atoms with Crippen molar-refractivity contribution in [2.45, 2.75) is 44.1 Å². The Balaban J connectivity index is 1.87. The summed E-state index contributed by atoms with van der Waals surface area (Å²) in [5, 5.41) is 7.04. The Morgan fingerprint density at radius 2 is 1.76 bits per heavy atom. The van der Waals surface area contributed by atoms with Crippen molar-refractivity contribution >= 4 is 11.4 Å². The van der Waals surface area contributed by atoms with Crippen molar-refractivity contribution in [3.63, 3.8) is 0 Å². The Kier molecular flexibility index (Phi) is 2.69. The molecule has 1 spiro atoms. The number of hydrogen-bond acceptors (Lipinski definition) is 2. The van der Waals surface area contributed by atoms with Gasteiger partial charge in [0.2, 0.25) is 0 Å². The van der Waals surface area contributed by atoms with E-state index in [0.29, 0.717) is 0 Å². The van der Waals surface area contributed by atoms with Gasteiger partial charge in [-0.05, 0) is 31.0 Å². The van der Waals surface area contributed by atoms with Gasteiger partial charge in [-0.1, -0.05) is 25.7 Å². The van der Waals surface area contributed by atoms with Crippen LogP contribution in [0.3, 0.4) is 0 Å². The average molecular weight is 234 g/mol. The molecule has 0 saturated heterocycles. The van der Waals surface area contributed by atoms with Gasteiger partial charge in [0.1, 0.15) is 5.82 Å². The first-order valence-electron chi connectivity index (χ1n) is 6.59. The molecule has 92 valence electrons. The normalized spacial score (nSPS) is 22.2. The largest absolute Gasteiger partial charge is 0.381 e. The maximum absolute atomic E-state index is 13.3. The summed E-state index contributed by atoms with van der Waals surface area (Å²) in [6.07, 6.45) is 7.60. The lowest BCUT2D eigenvalue weighted by atomic mass is 9.88. The van der Waals surface area contributed by atoms with Gasteiger partial charge in [-0.3, -0.25) is 0 Å². The molecule has 17 heavy (non-hydrogen) atoms. The van der Waals surface area contributed by atoms with E-state index in [-0.39, 0.29) is 11.4 Å². The topological polar surface area (TPSA) is 24.1 Å². The number of rotatable bonds is 0. The number of halogens is 1. The van der Waals surface area contributed by atoms with Gasteiger partial charge >= 0.3 is 0 Å². The summed E-state index contributed by atoms with van der Waals surface area (Å²) in [5.41, 5.74) is 2.11. The number of fused-ring (bicyclic) bond motifs is 1. The second-order valence-electron chi connectivity index (χ2n) is 5.36. The number of hydrogen-bond donors (Lipinski definition) is 2. The maximum atomic E-state index is 13.3. The molecule has 3 rings (SSSR count). The first kappa shape index (κ1) is 10.9. The van der Waals surface area contributed by atoms with E-state index < -0.39 is 0 Å². The lowest BCUT2D eigenvalue weighted by molar-refractivity contribution is 0.422. The molecule has 2 N–H and O–H groups in total. The van der Waals surface area contributed by atoms with Gasteiger partial charge in [-0.25, -0.2) is 4.39 Å². The number of benzene rings is 1. The molecule has 1 heterocycles. The highest BCUT2D eigenvalue weighted by Crippen LogP contribution is 2.37. The lowest BCUT2D eigenvalue weighted by Crippen LogP contribution is -2.47. The van der Waals surface area contributed by atoms with Crippen molar-refractivity contribution < 1.29 is 4.39 Å². The highest BCUT2D eigenvalue weighted by molar-refractivity contribution is 5.72. The molecule has 3 heteroatoms. The summed E-state index contributed by atoms with van der Waals surface area (Å²) in [6, 6.07) is 4.94. The molecule has 0 amide bonds. The summed E-state index contributed by atoms with van der Waals surface area (Å²) in [7, 11) is 0. The van der Waals surface area contributed by atoms with Gasteiger partial charge < -0.3 is 10.6 Å². The highest BCUT2D eigenvalue weighted by atomic mass is 19.1. The minimum atomic E-state index is -0.163. The van der Waals surface area contributed by atoms with Gasteiger partial charge in [0.15, 0.2) is 0 Å². The molecule has 1 aliphatic heterocycles. The van der Waals surface area contributed by atoms with Crippen molar-refractivity contribution in [1.82, 2.24) is 0 Å². The third kappa shape index (κ3) is 2.11. The molecule has 0 unspecified atom stereocenters. The molecule has 1 aliphatic carbocycles. The average Bonchev–Trinajstić information content (AvgIpc) is 2.54. The second kappa shape index (κ2) is 4.21. The van der Waals surface area contributed by atoms with Gasteiger partial charge in [-0.15, -0.1) is 0 Å². The van der Waals surface area contributed by atoms with Crippen LogP contribution in [0.2, 0.25) is 0 Å². The highest BCUT2D eigenvalue weighted by Gasteiger charge is 2.34. The summed E-state index contributed by atoms with van der Waals surface area (Å²) in [5.74, 6) is -0.163. The van der Waals surface area contributed by atoms with Crippen LogP contribution in [0.1, 0.15) is 38.5 Å².